The molecule has 1 aliphatic rings. The lowest BCUT2D eigenvalue weighted by Gasteiger charge is -2.20. The van der Waals surface area contributed by atoms with Crippen LogP contribution in [0.1, 0.15) is 36.6 Å². The molecule has 0 aliphatic carbocycles. The van der Waals surface area contributed by atoms with Gasteiger partial charge in [0.1, 0.15) is 49.3 Å². The van der Waals surface area contributed by atoms with Crippen LogP contribution in [-0.4, -0.2) is 18.5 Å². The molecule has 1 fully saturated rings. The maximum Gasteiger partial charge on any atom is 0.164 e. The minimum absolute atomic E-state index is 0.304. The molecule has 1 aliphatic heterocycles. The molecular weight excluding hydrogens is 464 g/mol. The second kappa shape index (κ2) is 11.5. The molecule has 0 bridgehead atoms. The Morgan fingerprint density at radius 2 is 1.11 bits per heavy atom. The van der Waals surface area contributed by atoms with Gasteiger partial charge >= 0.3 is 0 Å². The first-order valence-corrected chi connectivity index (χ1v) is 12.6. The molecule has 5 nitrogen and oxygen atoms in total. The molecule has 0 radical (unpaired) electrons. The molecule has 5 rings (SSSR count). The highest BCUT2D eigenvalue weighted by Gasteiger charge is 2.43. The fourth-order valence-electron chi connectivity index (χ4n) is 4.34. The van der Waals surface area contributed by atoms with E-state index in [1.165, 1.54) is 0 Å². The van der Waals surface area contributed by atoms with Crippen molar-refractivity contribution >= 4 is 0 Å². The van der Waals surface area contributed by atoms with Crippen molar-refractivity contribution < 1.29 is 23.7 Å². The van der Waals surface area contributed by atoms with Crippen molar-refractivity contribution in [1.82, 2.24) is 0 Å². The Labute approximate surface area is 218 Å². The highest BCUT2D eigenvalue weighted by molar-refractivity contribution is 5.40. The van der Waals surface area contributed by atoms with Crippen molar-refractivity contribution in [3.8, 4) is 17.2 Å². The first-order valence-electron chi connectivity index (χ1n) is 12.6. The molecule has 0 N–H and O–H groups in total. The summed E-state index contributed by atoms with van der Waals surface area (Å²) in [6.07, 6.45) is -0.653. The Kier molecular flexibility index (Phi) is 7.73. The molecule has 0 unspecified atom stereocenters. The zero-order valence-electron chi connectivity index (χ0n) is 21.2. The maximum absolute atomic E-state index is 6.36. The molecule has 2 atom stereocenters. The van der Waals surface area contributed by atoms with Crippen LogP contribution in [0.15, 0.2) is 109 Å². The minimum Gasteiger partial charge on any atom is -0.491 e. The van der Waals surface area contributed by atoms with E-state index in [1.807, 2.05) is 123 Å². The second-order valence-corrected chi connectivity index (χ2v) is 9.50. The van der Waals surface area contributed by atoms with E-state index in [0.717, 1.165) is 22.4 Å². The highest BCUT2D eigenvalue weighted by atomic mass is 16.8. The van der Waals surface area contributed by atoms with Gasteiger partial charge in [0.05, 0.1) is 0 Å². The smallest absolute Gasteiger partial charge is 0.164 e. The van der Waals surface area contributed by atoms with Crippen LogP contribution in [0, 0.1) is 0 Å². The summed E-state index contributed by atoms with van der Waals surface area (Å²) in [6.45, 7) is 5.11. The predicted octanol–water partition coefficient (Wildman–Crippen LogP) is 7.12. The molecule has 0 aromatic heterocycles. The highest BCUT2D eigenvalue weighted by Crippen LogP contribution is 2.41. The summed E-state index contributed by atoms with van der Waals surface area (Å²) >= 11 is 0. The first-order chi connectivity index (χ1) is 18.0. The lowest BCUT2D eigenvalue weighted by molar-refractivity contribution is -0.149. The van der Waals surface area contributed by atoms with Crippen LogP contribution in [0.3, 0.4) is 0 Å². The molecule has 1 saturated heterocycles. The molecule has 0 saturated carbocycles. The first kappa shape index (κ1) is 24.9. The van der Waals surface area contributed by atoms with Gasteiger partial charge in [-0.15, -0.1) is 0 Å². The van der Waals surface area contributed by atoms with E-state index in [4.69, 9.17) is 23.7 Å². The minimum atomic E-state index is -0.749. The van der Waals surface area contributed by atoms with E-state index in [9.17, 15) is 0 Å². The van der Waals surface area contributed by atoms with E-state index >= 15 is 0 Å². The van der Waals surface area contributed by atoms with Crippen LogP contribution in [-0.2, 0) is 22.7 Å². The second-order valence-electron chi connectivity index (χ2n) is 9.50. The van der Waals surface area contributed by atoms with Gasteiger partial charge in [-0.05, 0) is 54.8 Å². The molecule has 4 aromatic carbocycles. The zero-order valence-corrected chi connectivity index (χ0v) is 21.2. The fraction of sp³-hybridized carbons (Fsp3) is 0.250. The van der Waals surface area contributed by atoms with Crippen LogP contribution < -0.4 is 14.2 Å². The van der Waals surface area contributed by atoms with Gasteiger partial charge in [-0.3, -0.25) is 0 Å². The van der Waals surface area contributed by atoms with Gasteiger partial charge in [-0.2, -0.15) is 0 Å². The van der Waals surface area contributed by atoms with Crippen molar-refractivity contribution in [1.29, 1.82) is 0 Å². The summed E-state index contributed by atoms with van der Waals surface area (Å²) < 4.78 is 31.0. The summed E-state index contributed by atoms with van der Waals surface area (Å²) in [6, 6.07) is 35.9. The standard InChI is InChI=1S/C32H32O5/c1-32(2)36-30(23-35-27-16-10-5-11-17-27)31(37-32)26-18-28(33-21-24-12-6-3-7-13-24)20-29(19-26)34-22-25-14-8-4-9-15-25/h3-20,30-31H,21-23H2,1-2H3/t30-,31+/m0/s1. The van der Waals surface area contributed by atoms with Crippen molar-refractivity contribution in [2.45, 2.75) is 45.1 Å². The van der Waals surface area contributed by atoms with Gasteiger partial charge in [0.15, 0.2) is 5.79 Å². The van der Waals surface area contributed by atoms with Crippen LogP contribution in [0.4, 0.5) is 0 Å². The van der Waals surface area contributed by atoms with E-state index in [2.05, 4.69) is 0 Å². The van der Waals surface area contributed by atoms with Crippen molar-refractivity contribution in [2.75, 3.05) is 6.61 Å². The summed E-state index contributed by atoms with van der Waals surface area (Å²) in [4.78, 5) is 0. The van der Waals surface area contributed by atoms with Gasteiger partial charge in [-0.1, -0.05) is 78.9 Å². The average Bonchev–Trinajstić information content (AvgIpc) is 3.25. The molecule has 1 heterocycles. The summed E-state index contributed by atoms with van der Waals surface area (Å²) in [7, 11) is 0. The van der Waals surface area contributed by atoms with Crippen LogP contribution in [0.2, 0.25) is 0 Å². The summed E-state index contributed by atoms with van der Waals surface area (Å²) in [5.74, 6) is 1.46. The normalized spacial score (nSPS) is 18.3. The molecule has 190 valence electrons. The van der Waals surface area contributed by atoms with Crippen molar-refractivity contribution in [3.05, 3.63) is 126 Å². The molecule has 0 spiro atoms. The van der Waals surface area contributed by atoms with Crippen LogP contribution in [0.5, 0.6) is 17.2 Å². The lowest BCUT2D eigenvalue weighted by Crippen LogP contribution is -2.26. The van der Waals surface area contributed by atoms with Crippen molar-refractivity contribution in [3.63, 3.8) is 0 Å². The number of ether oxygens (including phenoxy) is 5. The van der Waals surface area contributed by atoms with Crippen LogP contribution >= 0.6 is 0 Å². The van der Waals surface area contributed by atoms with Gasteiger partial charge < -0.3 is 23.7 Å². The number of para-hydroxylation sites is 1. The Hall–Kier alpha value is -3.80. The summed E-state index contributed by atoms with van der Waals surface area (Å²) in [5, 5.41) is 0. The molecular formula is C32H32O5. The third-order valence-electron chi connectivity index (χ3n) is 6.07. The quantitative estimate of drug-likeness (QED) is 0.234. The monoisotopic (exact) mass is 496 g/mol. The number of rotatable bonds is 10. The topological polar surface area (TPSA) is 46.2 Å². The van der Waals surface area contributed by atoms with Gasteiger partial charge in [0, 0.05) is 6.07 Å². The number of hydrogen-bond donors (Lipinski definition) is 0. The van der Waals surface area contributed by atoms with E-state index < -0.39 is 5.79 Å². The largest absolute Gasteiger partial charge is 0.491 e. The van der Waals surface area contributed by atoms with Crippen LogP contribution in [0.25, 0.3) is 0 Å². The fourth-order valence-corrected chi connectivity index (χ4v) is 4.34. The summed E-state index contributed by atoms with van der Waals surface area (Å²) in [5.41, 5.74) is 3.10. The van der Waals surface area contributed by atoms with Crippen molar-refractivity contribution in [2.24, 2.45) is 0 Å². The van der Waals surface area contributed by atoms with Gasteiger partial charge in [-0.25, -0.2) is 0 Å². The molecule has 4 aromatic rings. The van der Waals surface area contributed by atoms with E-state index in [0.29, 0.717) is 31.3 Å². The van der Waals surface area contributed by atoms with Gasteiger partial charge in [0.2, 0.25) is 0 Å². The molecule has 0 amide bonds. The third-order valence-corrected chi connectivity index (χ3v) is 6.07. The Bertz CT molecular complexity index is 1200. The average molecular weight is 497 g/mol. The Morgan fingerprint density at radius 1 is 0.595 bits per heavy atom. The Balaban J connectivity index is 1.38. The van der Waals surface area contributed by atoms with Gasteiger partial charge in [0.25, 0.3) is 0 Å². The predicted molar refractivity (Wildman–Crippen MR) is 143 cm³/mol. The van der Waals surface area contributed by atoms with E-state index in [-0.39, 0.29) is 12.2 Å². The Morgan fingerprint density at radius 3 is 1.65 bits per heavy atom. The maximum atomic E-state index is 6.36. The number of benzene rings is 4. The van der Waals surface area contributed by atoms with E-state index in [1.54, 1.807) is 0 Å². The lowest BCUT2D eigenvalue weighted by atomic mass is 10.0. The number of hydrogen-bond acceptors (Lipinski definition) is 5. The zero-order chi connectivity index (χ0) is 25.5. The molecule has 37 heavy (non-hydrogen) atoms. The third kappa shape index (κ3) is 6.91. The SMILES string of the molecule is CC1(C)O[C@@H](COc2ccccc2)[C@@H](c2cc(OCc3ccccc3)cc(OCc3ccccc3)c2)O1. The molecule has 5 heteroatoms.